The number of β-lactam (4-membered cyclic amide) rings is 1. The largest absolute Gasteiger partial charge is 0.374 e. The van der Waals surface area contributed by atoms with Gasteiger partial charge in [-0.2, -0.15) is 0 Å². The Balaban J connectivity index is 1.97. The van der Waals surface area contributed by atoms with E-state index in [0.29, 0.717) is 5.70 Å². The maximum atomic E-state index is 12.0. The molecular weight excluding hydrogens is 250 g/mol. The lowest BCUT2D eigenvalue weighted by atomic mass is 9.94. The monoisotopic (exact) mass is 267 g/mol. The highest BCUT2D eigenvalue weighted by Crippen LogP contribution is 2.45. The Kier molecular flexibility index (Phi) is 2.98. The van der Waals surface area contributed by atoms with E-state index in [1.54, 1.807) is 23.6 Å². The van der Waals surface area contributed by atoms with Gasteiger partial charge in [-0.15, -0.1) is 11.8 Å². The van der Waals surface area contributed by atoms with Crippen molar-refractivity contribution in [2.45, 2.75) is 38.2 Å². The number of rotatable bonds is 2. The summed E-state index contributed by atoms with van der Waals surface area (Å²) >= 11 is 1.76. The van der Waals surface area contributed by atoms with Gasteiger partial charge in [0.25, 0.3) is 0 Å². The van der Waals surface area contributed by atoms with E-state index in [9.17, 15) is 9.59 Å². The molecule has 2 saturated heterocycles. The van der Waals surface area contributed by atoms with E-state index in [0.717, 1.165) is 30.8 Å². The summed E-state index contributed by atoms with van der Waals surface area (Å²) in [6.45, 7) is 4.25. The van der Waals surface area contributed by atoms with Crippen molar-refractivity contribution in [1.82, 2.24) is 4.90 Å². The molecule has 5 heteroatoms. The first-order valence-corrected chi connectivity index (χ1v) is 7.46. The predicted molar refractivity (Wildman–Crippen MR) is 68.9 cm³/mol. The van der Waals surface area contributed by atoms with Gasteiger partial charge in [0.05, 0.1) is 23.1 Å². The Morgan fingerprint density at radius 3 is 2.89 bits per heavy atom. The van der Waals surface area contributed by atoms with Crippen LogP contribution in [-0.2, 0) is 14.3 Å². The first kappa shape index (κ1) is 12.2. The van der Waals surface area contributed by atoms with Crippen molar-refractivity contribution in [3.8, 4) is 0 Å². The first-order valence-electron chi connectivity index (χ1n) is 6.41. The summed E-state index contributed by atoms with van der Waals surface area (Å²) in [6.07, 6.45) is 2.05. The fraction of sp³-hybridized carbons (Fsp3) is 0.692. The molecule has 2 fully saturated rings. The van der Waals surface area contributed by atoms with E-state index >= 15 is 0 Å². The van der Waals surface area contributed by atoms with Gasteiger partial charge in [-0.1, -0.05) is 6.92 Å². The molecule has 3 aliphatic rings. The number of thioether (sulfide) groups is 1. The molecular formula is C13H17NO3S. The van der Waals surface area contributed by atoms with Crippen LogP contribution in [0.15, 0.2) is 11.3 Å². The van der Waals surface area contributed by atoms with E-state index in [-0.39, 0.29) is 29.1 Å². The van der Waals surface area contributed by atoms with Gasteiger partial charge in [-0.05, 0) is 18.4 Å². The average Bonchev–Trinajstić information content (AvgIpc) is 2.89. The number of amides is 1. The molecule has 0 spiro atoms. The molecule has 0 aromatic carbocycles. The molecule has 0 aromatic heterocycles. The highest BCUT2D eigenvalue weighted by atomic mass is 32.2. The lowest BCUT2D eigenvalue weighted by Gasteiger charge is -2.49. The molecule has 3 rings (SSSR count). The maximum Gasteiger partial charge on any atom is 0.233 e. The summed E-state index contributed by atoms with van der Waals surface area (Å²) in [4.78, 5) is 25.5. The summed E-state index contributed by atoms with van der Waals surface area (Å²) in [5.41, 5.74) is 1.65. The van der Waals surface area contributed by atoms with Gasteiger partial charge in [0, 0.05) is 19.3 Å². The molecule has 0 aliphatic carbocycles. The van der Waals surface area contributed by atoms with Crippen LogP contribution in [0.4, 0.5) is 0 Å². The van der Waals surface area contributed by atoms with Crippen molar-refractivity contribution in [3.63, 3.8) is 0 Å². The number of hydrogen-bond acceptors (Lipinski definition) is 4. The summed E-state index contributed by atoms with van der Waals surface area (Å²) in [7, 11) is 0. The average molecular weight is 267 g/mol. The Hall–Kier alpha value is -0.810. The molecule has 0 unspecified atom stereocenters. The fourth-order valence-corrected chi connectivity index (χ4v) is 4.39. The van der Waals surface area contributed by atoms with Crippen LogP contribution in [0.25, 0.3) is 0 Å². The molecule has 0 aromatic rings. The van der Waals surface area contributed by atoms with Crippen LogP contribution in [-0.4, -0.2) is 40.4 Å². The van der Waals surface area contributed by atoms with Gasteiger partial charge in [0.2, 0.25) is 5.91 Å². The second kappa shape index (κ2) is 4.38. The minimum absolute atomic E-state index is 0.00829. The van der Waals surface area contributed by atoms with E-state index in [1.165, 1.54) is 0 Å². The zero-order valence-corrected chi connectivity index (χ0v) is 11.5. The number of fused-ring (bicyclic) bond motifs is 1. The van der Waals surface area contributed by atoms with E-state index in [1.807, 2.05) is 6.92 Å². The van der Waals surface area contributed by atoms with Crippen molar-refractivity contribution >= 4 is 23.5 Å². The maximum absolute atomic E-state index is 12.0. The molecule has 3 heterocycles. The zero-order chi connectivity index (χ0) is 12.9. The van der Waals surface area contributed by atoms with Crippen molar-refractivity contribution in [3.05, 3.63) is 11.3 Å². The summed E-state index contributed by atoms with van der Waals surface area (Å²) in [5, 5.41) is 0.154. The topological polar surface area (TPSA) is 46.6 Å². The third kappa shape index (κ3) is 1.64. The molecule has 0 radical (unpaired) electrons. The number of nitrogens with zero attached hydrogens (tertiary/aromatic N) is 1. The third-order valence-corrected chi connectivity index (χ3v) is 5.35. The molecule has 0 saturated carbocycles. The van der Waals surface area contributed by atoms with Crippen molar-refractivity contribution in [2.24, 2.45) is 5.92 Å². The summed E-state index contributed by atoms with van der Waals surface area (Å²) < 4.78 is 5.68. The van der Waals surface area contributed by atoms with Gasteiger partial charge in [-0.3, -0.25) is 14.5 Å². The highest BCUT2D eigenvalue weighted by Gasteiger charge is 2.51. The standard InChI is InChI=1S/C13H17NO3S/c1-7-12(16)14-11(8(2)15)9(6-18-13(7)14)10-4-3-5-17-10/h7,10,13H,3-6H2,1-2H3/t7-,10+,13-/m1/s1. The van der Waals surface area contributed by atoms with Crippen molar-refractivity contribution < 1.29 is 14.3 Å². The minimum atomic E-state index is -0.00829. The van der Waals surface area contributed by atoms with Gasteiger partial charge in [0.1, 0.15) is 0 Å². The Labute approximate surface area is 111 Å². The molecule has 18 heavy (non-hydrogen) atoms. The highest BCUT2D eigenvalue weighted by molar-refractivity contribution is 8.00. The molecule has 1 amide bonds. The van der Waals surface area contributed by atoms with E-state index < -0.39 is 0 Å². The SMILES string of the molecule is CC(=O)C1=C([C@@H]2CCCO2)CS[C@@H]2[C@H](C)C(=O)N12. The molecule has 3 aliphatic heterocycles. The van der Waals surface area contributed by atoms with Crippen LogP contribution < -0.4 is 0 Å². The van der Waals surface area contributed by atoms with Crippen molar-refractivity contribution in [1.29, 1.82) is 0 Å². The van der Waals surface area contributed by atoms with Gasteiger partial charge < -0.3 is 4.74 Å². The first-order chi connectivity index (χ1) is 8.61. The van der Waals surface area contributed by atoms with Crippen molar-refractivity contribution in [2.75, 3.05) is 12.4 Å². The number of hydrogen-bond donors (Lipinski definition) is 0. The van der Waals surface area contributed by atoms with Crippen LogP contribution in [0.3, 0.4) is 0 Å². The molecule has 3 atom stereocenters. The van der Waals surface area contributed by atoms with Gasteiger partial charge in [-0.25, -0.2) is 0 Å². The molecule has 4 nitrogen and oxygen atoms in total. The number of carbonyl (C=O) groups is 2. The number of Topliss-reactive ketones (excluding diaryl/α,β-unsaturated/α-hetero) is 1. The predicted octanol–water partition coefficient (Wildman–Crippen LogP) is 1.56. The lowest BCUT2D eigenvalue weighted by molar-refractivity contribution is -0.147. The Morgan fingerprint density at radius 2 is 2.28 bits per heavy atom. The quantitative estimate of drug-likeness (QED) is 0.712. The van der Waals surface area contributed by atoms with Gasteiger partial charge >= 0.3 is 0 Å². The summed E-state index contributed by atoms with van der Waals surface area (Å²) in [6, 6.07) is 0. The number of allylic oxidation sites excluding steroid dienone is 1. The number of carbonyl (C=O) groups excluding carboxylic acids is 2. The number of ketones is 1. The Bertz CT molecular complexity index is 440. The van der Waals surface area contributed by atoms with Gasteiger partial charge in [0.15, 0.2) is 5.78 Å². The molecule has 0 N–H and O–H groups in total. The molecule has 98 valence electrons. The zero-order valence-electron chi connectivity index (χ0n) is 10.6. The normalized spacial score (nSPS) is 35.6. The van der Waals surface area contributed by atoms with Crippen LogP contribution in [0.1, 0.15) is 26.7 Å². The molecule has 0 bridgehead atoms. The third-order valence-electron chi connectivity index (χ3n) is 3.92. The second-order valence-corrected chi connectivity index (χ2v) is 6.24. The summed E-state index contributed by atoms with van der Waals surface area (Å²) in [5.74, 6) is 0.924. The number of ether oxygens (including phenoxy) is 1. The van der Waals surface area contributed by atoms with Crippen LogP contribution >= 0.6 is 11.8 Å². The van der Waals surface area contributed by atoms with E-state index in [4.69, 9.17) is 4.74 Å². The van der Waals surface area contributed by atoms with Crippen LogP contribution in [0.2, 0.25) is 0 Å². The van der Waals surface area contributed by atoms with Crippen LogP contribution in [0.5, 0.6) is 0 Å². The fourth-order valence-electron chi connectivity index (χ4n) is 2.96. The van der Waals surface area contributed by atoms with Crippen LogP contribution in [0, 0.1) is 5.92 Å². The smallest absolute Gasteiger partial charge is 0.233 e. The second-order valence-electron chi connectivity index (χ2n) is 5.13. The van der Waals surface area contributed by atoms with E-state index in [2.05, 4.69) is 0 Å². The Morgan fingerprint density at radius 1 is 1.50 bits per heavy atom. The minimum Gasteiger partial charge on any atom is -0.374 e. The lowest BCUT2D eigenvalue weighted by Crippen LogP contribution is -2.60.